The number of halogens is 1. The highest BCUT2D eigenvalue weighted by Crippen LogP contribution is 2.64. The minimum absolute atomic E-state index is 0.0818. The van der Waals surface area contributed by atoms with Gasteiger partial charge < -0.3 is 9.72 Å². The molecule has 0 bridgehead atoms. The minimum atomic E-state index is -0.137. The van der Waals surface area contributed by atoms with Gasteiger partial charge in [0.05, 0.1) is 0 Å². The number of carbonyl (C=O) groups is 1. The quantitative estimate of drug-likeness (QED) is 0.357. The molecule has 6 unspecified atom stereocenters. The summed E-state index contributed by atoms with van der Waals surface area (Å²) in [7, 11) is 0. The predicted molar refractivity (Wildman–Crippen MR) is 127 cm³/mol. The number of benzene rings is 1. The topological polar surface area (TPSA) is 42.1 Å². The Balaban J connectivity index is 1.34. The molecular formula is C27H32BrNO2. The van der Waals surface area contributed by atoms with Gasteiger partial charge in [-0.3, -0.25) is 4.79 Å². The molecule has 1 aromatic heterocycles. The highest BCUT2D eigenvalue weighted by molar-refractivity contribution is 9.10. The number of allylic oxidation sites excluding steroid dienone is 1. The van der Waals surface area contributed by atoms with Crippen molar-refractivity contribution in [3.8, 4) is 0 Å². The lowest BCUT2D eigenvalue weighted by molar-refractivity contribution is -0.148. The van der Waals surface area contributed by atoms with Gasteiger partial charge in [0.1, 0.15) is 6.10 Å². The van der Waals surface area contributed by atoms with Crippen molar-refractivity contribution in [2.24, 2.45) is 23.2 Å². The molecule has 2 aromatic rings. The van der Waals surface area contributed by atoms with Gasteiger partial charge in [0.2, 0.25) is 0 Å². The molecular weight excluding hydrogens is 450 g/mol. The van der Waals surface area contributed by atoms with Crippen molar-refractivity contribution in [1.82, 2.24) is 4.98 Å². The highest BCUT2D eigenvalue weighted by atomic mass is 79.9. The first-order valence-electron chi connectivity index (χ1n) is 12.0. The molecule has 164 valence electrons. The fourth-order valence-electron chi connectivity index (χ4n) is 8.11. The van der Waals surface area contributed by atoms with Gasteiger partial charge in [0.15, 0.2) is 0 Å². The third kappa shape index (κ3) is 2.79. The van der Waals surface area contributed by atoms with Crippen LogP contribution in [0.3, 0.4) is 0 Å². The fourth-order valence-corrected chi connectivity index (χ4v) is 8.47. The fraction of sp³-hybridized carbons (Fsp3) is 0.593. The molecule has 3 nitrogen and oxygen atoms in total. The molecule has 0 amide bonds. The number of fused-ring (bicyclic) bond motifs is 9. The van der Waals surface area contributed by atoms with Crippen LogP contribution in [0.1, 0.15) is 70.6 Å². The van der Waals surface area contributed by atoms with Gasteiger partial charge in [0.25, 0.3) is 0 Å². The predicted octanol–water partition coefficient (Wildman–Crippen LogP) is 6.84. The zero-order chi connectivity index (χ0) is 21.5. The van der Waals surface area contributed by atoms with Crippen molar-refractivity contribution < 1.29 is 9.53 Å². The summed E-state index contributed by atoms with van der Waals surface area (Å²) in [4.78, 5) is 15.3. The minimum Gasteiger partial charge on any atom is -0.462 e. The van der Waals surface area contributed by atoms with Crippen LogP contribution in [0.5, 0.6) is 0 Å². The standard InChI is InChI=1S/C27H32BrNO2/c1-15(30)31-18-8-10-26(2)16(12-18)4-6-19-22(26)9-11-27(3)23(19)14-21-20-13-17(28)5-7-24(20)29-25(21)27/h4-5,7,13,18-19,22-23,29H,6,8-12,14H2,1-3H3. The highest BCUT2D eigenvalue weighted by Gasteiger charge is 2.58. The van der Waals surface area contributed by atoms with E-state index in [9.17, 15) is 4.79 Å². The van der Waals surface area contributed by atoms with Crippen molar-refractivity contribution >= 4 is 32.8 Å². The number of aromatic amines is 1. The number of rotatable bonds is 1. The summed E-state index contributed by atoms with van der Waals surface area (Å²) in [5.74, 6) is 2.09. The lowest BCUT2D eigenvalue weighted by Crippen LogP contribution is -2.51. The number of carbonyl (C=O) groups excluding carboxylic acids is 1. The molecule has 2 fully saturated rings. The second kappa shape index (κ2) is 6.73. The van der Waals surface area contributed by atoms with E-state index in [-0.39, 0.29) is 22.9 Å². The molecule has 0 saturated heterocycles. The Hall–Kier alpha value is -1.55. The molecule has 31 heavy (non-hydrogen) atoms. The zero-order valence-electron chi connectivity index (χ0n) is 18.8. The summed E-state index contributed by atoms with van der Waals surface area (Å²) in [6.07, 6.45) is 10.7. The van der Waals surface area contributed by atoms with Crippen molar-refractivity contribution in [1.29, 1.82) is 0 Å². The van der Waals surface area contributed by atoms with Crippen LogP contribution in [0, 0.1) is 23.2 Å². The largest absolute Gasteiger partial charge is 0.462 e. The molecule has 1 N–H and O–H groups in total. The average Bonchev–Trinajstić information content (AvgIpc) is 3.22. The summed E-state index contributed by atoms with van der Waals surface area (Å²) in [5.41, 5.74) is 6.49. The summed E-state index contributed by atoms with van der Waals surface area (Å²) in [6, 6.07) is 6.67. The van der Waals surface area contributed by atoms with Crippen LogP contribution < -0.4 is 0 Å². The van der Waals surface area contributed by atoms with E-state index in [0.717, 1.165) is 37.0 Å². The van der Waals surface area contributed by atoms with E-state index in [2.05, 4.69) is 59.0 Å². The number of H-pyrrole nitrogens is 1. The van der Waals surface area contributed by atoms with Gasteiger partial charge in [-0.15, -0.1) is 0 Å². The SMILES string of the molecule is CC(=O)OC1CCC2(C)C(=CCC3C2CCC2(C)c4[nH]c5ccc(Br)cc5c4CC32)C1. The van der Waals surface area contributed by atoms with E-state index >= 15 is 0 Å². The molecule has 4 heteroatoms. The van der Waals surface area contributed by atoms with Crippen LogP contribution in [0.25, 0.3) is 10.9 Å². The van der Waals surface area contributed by atoms with E-state index in [1.807, 2.05) is 0 Å². The van der Waals surface area contributed by atoms with Crippen LogP contribution in [0.15, 0.2) is 34.3 Å². The van der Waals surface area contributed by atoms with Crippen LogP contribution in [-0.4, -0.2) is 17.1 Å². The van der Waals surface area contributed by atoms with E-state index < -0.39 is 0 Å². The monoisotopic (exact) mass is 481 g/mol. The summed E-state index contributed by atoms with van der Waals surface area (Å²) in [5, 5.41) is 1.41. The lowest BCUT2D eigenvalue weighted by Gasteiger charge is -2.57. The second-order valence-corrected chi connectivity index (χ2v) is 12.0. The van der Waals surface area contributed by atoms with Crippen LogP contribution in [0.2, 0.25) is 0 Å². The van der Waals surface area contributed by atoms with Crippen LogP contribution >= 0.6 is 15.9 Å². The van der Waals surface area contributed by atoms with E-state index in [0.29, 0.717) is 0 Å². The molecule has 4 aliphatic carbocycles. The first-order chi connectivity index (χ1) is 14.8. The van der Waals surface area contributed by atoms with Gasteiger partial charge in [-0.2, -0.15) is 0 Å². The molecule has 1 aromatic carbocycles. The van der Waals surface area contributed by atoms with E-state index in [1.165, 1.54) is 53.7 Å². The van der Waals surface area contributed by atoms with Gasteiger partial charge in [0, 0.05) is 39.8 Å². The lowest BCUT2D eigenvalue weighted by atomic mass is 9.48. The third-order valence-electron chi connectivity index (χ3n) is 9.64. The van der Waals surface area contributed by atoms with Crippen LogP contribution in [-0.2, 0) is 21.4 Å². The maximum atomic E-state index is 11.5. The van der Waals surface area contributed by atoms with Crippen molar-refractivity contribution in [3.05, 3.63) is 45.6 Å². The summed E-state index contributed by atoms with van der Waals surface area (Å²) < 4.78 is 6.77. The number of nitrogens with one attached hydrogen (secondary N) is 1. The molecule has 4 aliphatic rings. The Morgan fingerprint density at radius 2 is 1.94 bits per heavy atom. The molecule has 0 spiro atoms. The van der Waals surface area contributed by atoms with Crippen LogP contribution in [0.4, 0.5) is 0 Å². The van der Waals surface area contributed by atoms with Crippen molar-refractivity contribution in [2.45, 2.75) is 77.2 Å². The number of esters is 1. The molecule has 2 saturated carbocycles. The number of ether oxygens (including phenoxy) is 1. The van der Waals surface area contributed by atoms with Crippen molar-refractivity contribution in [2.75, 3.05) is 0 Å². The van der Waals surface area contributed by atoms with Crippen molar-refractivity contribution in [3.63, 3.8) is 0 Å². The zero-order valence-corrected chi connectivity index (χ0v) is 20.3. The van der Waals surface area contributed by atoms with Gasteiger partial charge in [-0.05, 0) is 85.5 Å². The Labute approximate surface area is 193 Å². The Bertz CT molecular complexity index is 1120. The number of aromatic nitrogens is 1. The smallest absolute Gasteiger partial charge is 0.302 e. The molecule has 1 heterocycles. The summed E-state index contributed by atoms with van der Waals surface area (Å²) in [6.45, 7) is 6.59. The molecule has 6 atom stereocenters. The Morgan fingerprint density at radius 3 is 2.74 bits per heavy atom. The van der Waals surface area contributed by atoms with E-state index in [4.69, 9.17) is 4.74 Å². The summed E-state index contributed by atoms with van der Waals surface area (Å²) >= 11 is 3.68. The first kappa shape index (κ1) is 20.1. The molecule has 0 radical (unpaired) electrons. The molecule has 0 aliphatic heterocycles. The van der Waals surface area contributed by atoms with Gasteiger partial charge >= 0.3 is 5.97 Å². The number of hydrogen-bond acceptors (Lipinski definition) is 2. The Kier molecular flexibility index (Phi) is 4.36. The maximum Gasteiger partial charge on any atom is 0.302 e. The second-order valence-electron chi connectivity index (χ2n) is 11.1. The van der Waals surface area contributed by atoms with Gasteiger partial charge in [-0.25, -0.2) is 0 Å². The first-order valence-corrected chi connectivity index (χ1v) is 12.8. The normalized spacial score (nSPS) is 38.6. The number of hydrogen-bond donors (Lipinski definition) is 1. The average molecular weight is 482 g/mol. The Morgan fingerprint density at radius 1 is 1.13 bits per heavy atom. The third-order valence-corrected chi connectivity index (χ3v) is 10.1. The van der Waals surface area contributed by atoms with Gasteiger partial charge in [-0.1, -0.05) is 41.4 Å². The van der Waals surface area contributed by atoms with E-state index in [1.54, 1.807) is 11.1 Å². The maximum absolute atomic E-state index is 11.5. The molecule has 6 rings (SSSR count).